The van der Waals surface area contributed by atoms with Gasteiger partial charge in [0, 0.05) is 38.8 Å². The zero-order valence-corrected chi connectivity index (χ0v) is 11.4. The molecule has 4 rings (SSSR count). The number of aliphatic hydroxyl groups is 1. The number of fused-ring (bicyclic) bond motifs is 1. The van der Waals surface area contributed by atoms with Crippen molar-refractivity contribution in [3.8, 4) is 0 Å². The first-order valence-corrected chi connectivity index (χ1v) is 7.91. The summed E-state index contributed by atoms with van der Waals surface area (Å²) in [6.07, 6.45) is 7.42. The molecule has 0 aromatic heterocycles. The molecule has 18 heavy (non-hydrogen) atoms. The van der Waals surface area contributed by atoms with E-state index in [0.717, 1.165) is 37.3 Å². The molecule has 0 amide bonds. The lowest BCUT2D eigenvalue weighted by Gasteiger charge is -2.29. The van der Waals surface area contributed by atoms with E-state index in [1.807, 2.05) is 0 Å². The Kier molecular flexibility index (Phi) is 2.72. The Bertz CT molecular complexity index is 308. The van der Waals surface area contributed by atoms with Gasteiger partial charge in [-0.15, -0.1) is 0 Å². The molecule has 0 radical (unpaired) electrons. The molecule has 1 N–H and O–H groups in total. The summed E-state index contributed by atoms with van der Waals surface area (Å²) in [5.41, 5.74) is -0.338. The molecule has 0 aromatic carbocycles. The highest BCUT2D eigenvalue weighted by molar-refractivity contribution is 4.99. The van der Waals surface area contributed by atoms with Crippen molar-refractivity contribution in [2.24, 2.45) is 11.8 Å². The molecule has 2 atom stereocenters. The van der Waals surface area contributed by atoms with Gasteiger partial charge in [0.2, 0.25) is 0 Å². The van der Waals surface area contributed by atoms with Gasteiger partial charge in [-0.25, -0.2) is 0 Å². The zero-order valence-electron chi connectivity index (χ0n) is 11.4. The van der Waals surface area contributed by atoms with Crippen molar-refractivity contribution in [2.45, 2.75) is 50.2 Å². The van der Waals surface area contributed by atoms with Crippen molar-refractivity contribution in [1.29, 1.82) is 0 Å². The Morgan fingerprint density at radius 3 is 2.11 bits per heavy atom. The molecular weight excluding hydrogens is 224 g/mol. The second kappa shape index (κ2) is 4.19. The number of hydrogen-bond donors (Lipinski definition) is 1. The van der Waals surface area contributed by atoms with Crippen molar-refractivity contribution in [1.82, 2.24) is 9.80 Å². The van der Waals surface area contributed by atoms with Crippen LogP contribution in [-0.2, 0) is 0 Å². The number of hydrogen-bond acceptors (Lipinski definition) is 3. The molecule has 0 bridgehead atoms. The van der Waals surface area contributed by atoms with Crippen LogP contribution < -0.4 is 0 Å². The van der Waals surface area contributed by atoms with Gasteiger partial charge in [0.25, 0.3) is 0 Å². The minimum Gasteiger partial charge on any atom is -0.389 e. The highest BCUT2D eigenvalue weighted by atomic mass is 16.3. The van der Waals surface area contributed by atoms with E-state index in [2.05, 4.69) is 9.80 Å². The van der Waals surface area contributed by atoms with Crippen LogP contribution in [0.2, 0.25) is 0 Å². The first-order valence-electron chi connectivity index (χ1n) is 7.91. The standard InChI is InChI=1S/C15H26N2O/c18-15(5-1-2-6-15)11-16-7-12-9-17(14-3-4-14)10-13(12)8-16/h12-14,18H,1-11H2. The Balaban J connectivity index is 1.32. The quantitative estimate of drug-likeness (QED) is 0.818. The topological polar surface area (TPSA) is 26.7 Å². The molecule has 4 aliphatic rings. The van der Waals surface area contributed by atoms with Crippen LogP contribution in [-0.4, -0.2) is 59.3 Å². The van der Waals surface area contributed by atoms with Gasteiger partial charge in [0.1, 0.15) is 0 Å². The molecule has 2 aliphatic heterocycles. The minimum atomic E-state index is -0.338. The van der Waals surface area contributed by atoms with E-state index >= 15 is 0 Å². The number of β-amino-alcohol motifs (C(OH)–C–C–N with tert-alkyl or cyclic N) is 1. The molecule has 2 heterocycles. The van der Waals surface area contributed by atoms with Crippen molar-refractivity contribution in [2.75, 3.05) is 32.7 Å². The molecule has 4 fully saturated rings. The summed E-state index contributed by atoms with van der Waals surface area (Å²) >= 11 is 0. The molecule has 2 saturated carbocycles. The summed E-state index contributed by atoms with van der Waals surface area (Å²) < 4.78 is 0. The summed E-state index contributed by atoms with van der Waals surface area (Å²) in [7, 11) is 0. The third-order valence-electron chi connectivity index (χ3n) is 5.71. The van der Waals surface area contributed by atoms with Crippen LogP contribution >= 0.6 is 0 Å². The van der Waals surface area contributed by atoms with E-state index in [1.54, 1.807) is 0 Å². The lowest BCUT2D eigenvalue weighted by Crippen LogP contribution is -2.41. The molecule has 0 spiro atoms. The highest BCUT2D eigenvalue weighted by Crippen LogP contribution is 2.39. The second-order valence-corrected chi connectivity index (χ2v) is 7.33. The zero-order chi connectivity index (χ0) is 12.2. The van der Waals surface area contributed by atoms with Crippen molar-refractivity contribution >= 4 is 0 Å². The Morgan fingerprint density at radius 2 is 1.56 bits per heavy atom. The summed E-state index contributed by atoms with van der Waals surface area (Å²) in [6, 6.07) is 0.947. The van der Waals surface area contributed by atoms with Gasteiger partial charge in [-0.05, 0) is 37.5 Å². The minimum absolute atomic E-state index is 0.338. The van der Waals surface area contributed by atoms with Gasteiger partial charge < -0.3 is 5.11 Å². The largest absolute Gasteiger partial charge is 0.389 e. The number of nitrogens with zero attached hydrogens (tertiary/aromatic N) is 2. The smallest absolute Gasteiger partial charge is 0.0774 e. The van der Waals surface area contributed by atoms with Gasteiger partial charge in [-0.3, -0.25) is 9.80 Å². The van der Waals surface area contributed by atoms with Crippen LogP contribution in [0.3, 0.4) is 0 Å². The van der Waals surface area contributed by atoms with Gasteiger partial charge in [-0.2, -0.15) is 0 Å². The van der Waals surface area contributed by atoms with Gasteiger partial charge in [0.05, 0.1) is 5.60 Å². The van der Waals surface area contributed by atoms with Gasteiger partial charge in [0.15, 0.2) is 0 Å². The first kappa shape index (κ1) is 11.7. The van der Waals surface area contributed by atoms with Crippen molar-refractivity contribution < 1.29 is 5.11 Å². The Hall–Kier alpha value is -0.120. The van der Waals surface area contributed by atoms with E-state index in [4.69, 9.17) is 0 Å². The lowest BCUT2D eigenvalue weighted by molar-refractivity contribution is 0.0129. The molecule has 2 unspecified atom stereocenters. The van der Waals surface area contributed by atoms with Crippen LogP contribution in [0.15, 0.2) is 0 Å². The fourth-order valence-corrected chi connectivity index (χ4v) is 4.60. The van der Waals surface area contributed by atoms with E-state index in [-0.39, 0.29) is 5.60 Å². The molecule has 102 valence electrons. The predicted molar refractivity (Wildman–Crippen MR) is 71.4 cm³/mol. The van der Waals surface area contributed by atoms with Crippen molar-refractivity contribution in [3.63, 3.8) is 0 Å². The molecular formula is C15H26N2O. The van der Waals surface area contributed by atoms with Gasteiger partial charge >= 0.3 is 0 Å². The average molecular weight is 250 g/mol. The SMILES string of the molecule is OC1(CN2CC3CN(C4CC4)CC3C2)CCCC1. The average Bonchev–Trinajstić information content (AvgIpc) is 2.82. The number of rotatable bonds is 3. The van der Waals surface area contributed by atoms with Crippen LogP contribution in [0, 0.1) is 11.8 Å². The fraction of sp³-hybridized carbons (Fsp3) is 1.00. The molecule has 2 aliphatic carbocycles. The summed E-state index contributed by atoms with van der Waals surface area (Å²) in [6.45, 7) is 6.12. The Morgan fingerprint density at radius 1 is 0.944 bits per heavy atom. The maximum atomic E-state index is 10.5. The Labute approximate surface area is 110 Å². The second-order valence-electron chi connectivity index (χ2n) is 7.33. The van der Waals surface area contributed by atoms with Crippen LogP contribution in [0.1, 0.15) is 38.5 Å². The van der Waals surface area contributed by atoms with E-state index in [1.165, 1.54) is 51.9 Å². The van der Waals surface area contributed by atoms with Crippen LogP contribution in [0.4, 0.5) is 0 Å². The number of likely N-dealkylation sites (tertiary alicyclic amines) is 2. The van der Waals surface area contributed by atoms with Crippen LogP contribution in [0.25, 0.3) is 0 Å². The third kappa shape index (κ3) is 2.10. The summed E-state index contributed by atoms with van der Waals surface area (Å²) in [5, 5.41) is 10.5. The van der Waals surface area contributed by atoms with E-state index in [0.29, 0.717) is 0 Å². The summed E-state index contributed by atoms with van der Waals surface area (Å²) in [5.74, 6) is 1.80. The van der Waals surface area contributed by atoms with Crippen LogP contribution in [0.5, 0.6) is 0 Å². The normalized spacial score (nSPS) is 40.5. The molecule has 0 aromatic rings. The third-order valence-corrected chi connectivity index (χ3v) is 5.71. The van der Waals surface area contributed by atoms with E-state index < -0.39 is 0 Å². The van der Waals surface area contributed by atoms with E-state index in [9.17, 15) is 5.11 Å². The molecule has 2 saturated heterocycles. The van der Waals surface area contributed by atoms with Gasteiger partial charge in [-0.1, -0.05) is 12.8 Å². The lowest BCUT2D eigenvalue weighted by atomic mass is 10.0. The van der Waals surface area contributed by atoms with Crippen molar-refractivity contribution in [3.05, 3.63) is 0 Å². The fourth-order valence-electron chi connectivity index (χ4n) is 4.60. The predicted octanol–water partition coefficient (Wildman–Crippen LogP) is 1.32. The molecule has 3 nitrogen and oxygen atoms in total. The maximum Gasteiger partial charge on any atom is 0.0774 e. The summed E-state index contributed by atoms with van der Waals surface area (Å²) in [4.78, 5) is 5.29. The first-order chi connectivity index (χ1) is 8.72. The highest BCUT2D eigenvalue weighted by Gasteiger charge is 2.45. The maximum absolute atomic E-state index is 10.5. The monoisotopic (exact) mass is 250 g/mol. The molecule has 3 heteroatoms.